The van der Waals surface area contributed by atoms with E-state index in [-0.39, 0.29) is 11.9 Å². The zero-order valence-electron chi connectivity index (χ0n) is 17.9. The van der Waals surface area contributed by atoms with E-state index in [1.807, 2.05) is 42.2 Å². The van der Waals surface area contributed by atoms with Crippen LogP contribution in [-0.4, -0.2) is 22.1 Å². The molecule has 2 aromatic heterocycles. The molecule has 4 nitrogen and oxygen atoms in total. The number of thiazole rings is 1. The Labute approximate surface area is 203 Å². The van der Waals surface area contributed by atoms with Crippen molar-refractivity contribution in [2.45, 2.75) is 18.3 Å². The first-order valence-electron chi connectivity index (χ1n) is 10.6. The maximum absolute atomic E-state index is 12.7. The van der Waals surface area contributed by atoms with E-state index in [0.29, 0.717) is 23.8 Å². The van der Waals surface area contributed by atoms with Gasteiger partial charge in [0.25, 0.3) is 0 Å². The van der Waals surface area contributed by atoms with Crippen LogP contribution in [0.5, 0.6) is 5.75 Å². The Morgan fingerprint density at radius 1 is 1.06 bits per heavy atom. The van der Waals surface area contributed by atoms with Crippen LogP contribution in [0.4, 0.5) is 18.9 Å². The Balaban J connectivity index is 1.28. The van der Waals surface area contributed by atoms with Crippen LogP contribution in [0.1, 0.15) is 11.3 Å². The summed E-state index contributed by atoms with van der Waals surface area (Å²) in [6, 6.07) is 16.9. The number of nitrogens with one attached hydrogen (secondary N) is 1. The fourth-order valence-corrected chi connectivity index (χ4v) is 5.03. The predicted octanol–water partition coefficient (Wildman–Crippen LogP) is 7.25. The minimum atomic E-state index is -4.36. The standard InChI is InChI=1S/C25H20F3N3OS2/c26-25(27,28)34-31-22-4-2-1-3-21(22)17-5-6-18-9-16(14-32-23(18)11-17)10-20-8-7-19(12-30-20)24-13-29-15-33-24/h1-8,11-13,15-16,31H,9-10,14H2/t16-/m0/s1. The van der Waals surface area contributed by atoms with E-state index in [9.17, 15) is 13.2 Å². The molecule has 0 bridgehead atoms. The van der Waals surface area contributed by atoms with Crippen LogP contribution in [0.3, 0.4) is 0 Å². The van der Waals surface area contributed by atoms with Crippen LogP contribution in [0.15, 0.2) is 72.5 Å². The lowest BCUT2D eigenvalue weighted by Crippen LogP contribution is -2.23. The molecule has 174 valence electrons. The molecule has 0 aliphatic carbocycles. The van der Waals surface area contributed by atoms with Gasteiger partial charge in [-0.3, -0.25) is 9.97 Å². The highest BCUT2D eigenvalue weighted by Crippen LogP contribution is 2.38. The molecule has 1 N–H and O–H groups in total. The summed E-state index contributed by atoms with van der Waals surface area (Å²) < 4.78 is 46.4. The van der Waals surface area contributed by atoms with Gasteiger partial charge >= 0.3 is 5.51 Å². The van der Waals surface area contributed by atoms with E-state index < -0.39 is 5.51 Å². The molecule has 1 aliphatic heterocycles. The number of aromatic nitrogens is 2. The van der Waals surface area contributed by atoms with E-state index in [4.69, 9.17) is 4.74 Å². The van der Waals surface area contributed by atoms with Crippen molar-refractivity contribution < 1.29 is 17.9 Å². The first-order chi connectivity index (χ1) is 16.4. The van der Waals surface area contributed by atoms with Gasteiger partial charge in [-0.25, -0.2) is 0 Å². The summed E-state index contributed by atoms with van der Waals surface area (Å²) in [6.07, 6.45) is 5.39. The number of rotatable bonds is 6. The summed E-state index contributed by atoms with van der Waals surface area (Å²) in [4.78, 5) is 9.82. The first kappa shape index (κ1) is 22.7. The molecule has 0 saturated heterocycles. The van der Waals surface area contributed by atoms with Crippen molar-refractivity contribution in [2.24, 2.45) is 5.92 Å². The highest BCUT2D eigenvalue weighted by Gasteiger charge is 2.29. The van der Waals surface area contributed by atoms with Crippen molar-refractivity contribution in [3.8, 4) is 27.3 Å². The summed E-state index contributed by atoms with van der Waals surface area (Å²) in [5, 5.41) is 0. The van der Waals surface area contributed by atoms with Crippen LogP contribution in [0, 0.1) is 5.92 Å². The molecule has 0 fully saturated rings. The molecule has 2 aromatic carbocycles. The third-order valence-electron chi connectivity index (χ3n) is 5.60. The van der Waals surface area contributed by atoms with Gasteiger partial charge in [-0.1, -0.05) is 36.4 Å². The Morgan fingerprint density at radius 2 is 1.91 bits per heavy atom. The molecule has 0 amide bonds. The quantitative estimate of drug-likeness (QED) is 0.283. The van der Waals surface area contributed by atoms with Crippen molar-refractivity contribution in [1.29, 1.82) is 0 Å². The van der Waals surface area contributed by atoms with Crippen molar-refractivity contribution in [3.05, 3.63) is 83.8 Å². The van der Waals surface area contributed by atoms with Crippen LogP contribution in [-0.2, 0) is 12.8 Å². The predicted molar refractivity (Wildman–Crippen MR) is 131 cm³/mol. The molecule has 4 aromatic rings. The van der Waals surface area contributed by atoms with E-state index in [2.05, 4.69) is 26.8 Å². The van der Waals surface area contributed by atoms with Crippen LogP contribution in [0.2, 0.25) is 0 Å². The Bertz CT molecular complexity index is 1260. The molecule has 34 heavy (non-hydrogen) atoms. The van der Waals surface area contributed by atoms with E-state index in [1.54, 1.807) is 29.5 Å². The fourth-order valence-electron chi connectivity index (χ4n) is 4.02. The molecule has 0 spiro atoms. The smallest absolute Gasteiger partial charge is 0.461 e. The Morgan fingerprint density at radius 3 is 2.68 bits per heavy atom. The van der Waals surface area contributed by atoms with Gasteiger partial charge in [0.2, 0.25) is 0 Å². The lowest BCUT2D eigenvalue weighted by atomic mass is 9.91. The molecule has 1 atom stereocenters. The highest BCUT2D eigenvalue weighted by atomic mass is 32.2. The second-order valence-corrected chi connectivity index (χ2v) is 9.76. The van der Waals surface area contributed by atoms with Gasteiger partial charge in [0.15, 0.2) is 0 Å². The number of para-hydroxylation sites is 1. The number of ether oxygens (including phenoxy) is 1. The molecule has 5 rings (SSSR count). The lowest BCUT2D eigenvalue weighted by molar-refractivity contribution is -0.0323. The van der Waals surface area contributed by atoms with Crippen molar-refractivity contribution in [1.82, 2.24) is 9.97 Å². The van der Waals surface area contributed by atoms with Crippen molar-refractivity contribution >= 4 is 29.0 Å². The second-order valence-electron chi connectivity index (χ2n) is 8.01. The van der Waals surface area contributed by atoms with Gasteiger partial charge in [-0.15, -0.1) is 11.3 Å². The maximum atomic E-state index is 12.7. The van der Waals surface area contributed by atoms with Gasteiger partial charge in [-0.2, -0.15) is 13.2 Å². The van der Waals surface area contributed by atoms with Gasteiger partial charge in [0, 0.05) is 35.1 Å². The van der Waals surface area contributed by atoms with Gasteiger partial charge in [0.1, 0.15) is 5.75 Å². The number of anilines is 1. The average Bonchev–Trinajstić information content (AvgIpc) is 3.38. The fraction of sp³-hybridized carbons (Fsp3) is 0.200. The average molecular weight is 500 g/mol. The highest BCUT2D eigenvalue weighted by molar-refractivity contribution is 8.01. The molecule has 1 aliphatic rings. The monoisotopic (exact) mass is 499 g/mol. The van der Waals surface area contributed by atoms with Crippen LogP contribution in [0.25, 0.3) is 21.6 Å². The third-order valence-corrected chi connectivity index (χ3v) is 6.98. The third kappa shape index (κ3) is 5.37. The van der Waals surface area contributed by atoms with Crippen LogP contribution >= 0.6 is 23.3 Å². The summed E-state index contributed by atoms with van der Waals surface area (Å²) >= 11 is 1.32. The summed E-state index contributed by atoms with van der Waals surface area (Å²) in [7, 11) is 0. The number of nitrogens with zero attached hydrogens (tertiary/aromatic N) is 2. The minimum absolute atomic E-state index is 0.264. The maximum Gasteiger partial charge on any atom is 0.461 e. The number of hydrogen-bond donors (Lipinski definition) is 1. The Kier molecular flexibility index (Phi) is 6.47. The summed E-state index contributed by atoms with van der Waals surface area (Å²) in [6.45, 7) is 0.568. The number of benzene rings is 2. The number of halogens is 3. The topological polar surface area (TPSA) is 47.0 Å². The lowest BCUT2D eigenvalue weighted by Gasteiger charge is -2.26. The zero-order valence-corrected chi connectivity index (χ0v) is 19.5. The summed E-state index contributed by atoms with van der Waals surface area (Å²) in [5.41, 5.74) is 2.53. The Hall–Kier alpha value is -3.04. The molecule has 3 heterocycles. The number of alkyl halides is 3. The van der Waals surface area contributed by atoms with Crippen molar-refractivity contribution in [3.63, 3.8) is 0 Å². The van der Waals surface area contributed by atoms with Gasteiger partial charge in [0.05, 0.1) is 34.6 Å². The van der Waals surface area contributed by atoms with Gasteiger partial charge < -0.3 is 9.46 Å². The molecule has 0 radical (unpaired) electrons. The van der Waals surface area contributed by atoms with Crippen molar-refractivity contribution in [2.75, 3.05) is 11.3 Å². The molecule has 0 unspecified atom stereocenters. The number of pyridine rings is 1. The summed E-state index contributed by atoms with van der Waals surface area (Å²) in [5.74, 6) is 1.08. The second kappa shape index (κ2) is 9.68. The number of fused-ring (bicyclic) bond motifs is 1. The van der Waals surface area contributed by atoms with Gasteiger partial charge in [-0.05, 0) is 42.2 Å². The molecular formula is C25H20F3N3OS2. The van der Waals surface area contributed by atoms with E-state index in [0.717, 1.165) is 45.9 Å². The van der Waals surface area contributed by atoms with E-state index >= 15 is 0 Å². The molecular weight excluding hydrogens is 479 g/mol. The number of hydrogen-bond acceptors (Lipinski definition) is 6. The molecule has 0 saturated carbocycles. The minimum Gasteiger partial charge on any atom is -0.493 e. The first-order valence-corrected chi connectivity index (χ1v) is 12.3. The largest absolute Gasteiger partial charge is 0.493 e. The van der Waals surface area contributed by atoms with Crippen LogP contribution < -0.4 is 9.46 Å². The SMILES string of the molecule is FC(F)(F)SNc1ccccc1-c1ccc2c(c1)OC[C@H](Cc1ccc(-c3cncs3)cn1)C2. The molecule has 9 heteroatoms. The zero-order chi connectivity index (χ0) is 23.5. The normalized spacial score (nSPS) is 15.4. The van der Waals surface area contributed by atoms with E-state index in [1.165, 1.54) is 0 Å².